The molecular weight excluding hydrogens is 1020 g/mol. The summed E-state index contributed by atoms with van der Waals surface area (Å²) in [7, 11) is 6.48. The summed E-state index contributed by atoms with van der Waals surface area (Å²) in [4.78, 5) is 42.6. The summed E-state index contributed by atoms with van der Waals surface area (Å²) in [6.45, 7) is 3.35. The summed E-state index contributed by atoms with van der Waals surface area (Å²) in [5, 5.41) is 22.2. The first-order valence-corrected chi connectivity index (χ1v) is 26.0. The summed E-state index contributed by atoms with van der Waals surface area (Å²) >= 11 is 0. The van der Waals surface area contributed by atoms with Crippen molar-refractivity contribution in [2.45, 2.75) is 74.4 Å². The van der Waals surface area contributed by atoms with Crippen molar-refractivity contribution < 1.29 is 52.8 Å². The maximum Gasteiger partial charge on any atom is 0.330 e. The van der Waals surface area contributed by atoms with E-state index in [1.165, 1.54) is 10.8 Å². The van der Waals surface area contributed by atoms with Crippen molar-refractivity contribution in [3.8, 4) is 29.0 Å². The number of aromatic amines is 1. The third-order valence-electron chi connectivity index (χ3n) is 14.9. The van der Waals surface area contributed by atoms with Crippen LogP contribution in [0.5, 0.6) is 29.0 Å². The first-order chi connectivity index (χ1) is 38.8. The number of H-pyrrole nitrogens is 1. The summed E-state index contributed by atoms with van der Waals surface area (Å²) in [5.41, 5.74) is 2.51. The molecule has 11 rings (SSSR count). The number of nitrogens with zero attached hydrogens (tertiary/aromatic N) is 3. The largest absolute Gasteiger partial charge is 0.497 e. The molecule has 0 spiro atoms. The zero-order valence-electron chi connectivity index (χ0n) is 45.0. The van der Waals surface area contributed by atoms with Crippen LogP contribution < -0.4 is 40.5 Å². The van der Waals surface area contributed by atoms with Crippen LogP contribution in [0, 0.1) is 13.8 Å². The van der Waals surface area contributed by atoms with Gasteiger partial charge in [-0.25, -0.2) is 4.79 Å². The number of nitrogens with one attached hydrogen (secondary N) is 1. The van der Waals surface area contributed by atoms with E-state index in [1.54, 1.807) is 53.1 Å². The van der Waals surface area contributed by atoms with Gasteiger partial charge in [0.2, 0.25) is 0 Å². The smallest absolute Gasteiger partial charge is 0.330 e. The molecule has 414 valence electrons. The molecule has 2 fully saturated rings. The summed E-state index contributed by atoms with van der Waals surface area (Å²) in [6, 6.07) is 50.7. The molecule has 0 bridgehead atoms. The zero-order chi connectivity index (χ0) is 56.1. The Labute approximate surface area is 461 Å². The second-order valence-corrected chi connectivity index (χ2v) is 19.6. The lowest BCUT2D eigenvalue weighted by atomic mass is 9.80. The standard InChI is InChI=1S/C31H30N2O7.C31H32N2O7/c1-19-17-33-29-27(40-30(33)32-28(19)35)26(34)25(39-29)18-38-31(20-7-5-4-6-8-20,21-9-13-23(36-2)14-10-21)22-11-15-24(37-3)16-12-22;1-20-18-33(30(36)32-29(20)35)28-17-26(34)27(40-28)19-39-31(21-7-5-4-6-8-21,22-9-13-24(37-2)14-10-22)23-11-15-25(38-3)16-12-23/h4-17,25-27,29,34H,18H2,1-3H3;4-16,18,26-28,34H,17,19H2,1-3H3,(H,32,35,36)/t25-,26-,27+,29-;26-,27+,28+/m10/s1. The van der Waals surface area contributed by atoms with Crippen molar-refractivity contribution in [3.05, 3.63) is 246 Å². The van der Waals surface area contributed by atoms with Gasteiger partial charge < -0.3 is 52.8 Å². The highest BCUT2D eigenvalue weighted by atomic mass is 16.6. The number of benzene rings is 6. The molecule has 2 saturated heterocycles. The molecular formula is C62H62N4O14. The minimum atomic E-state index is -1.08. The minimum Gasteiger partial charge on any atom is -0.497 e. The Balaban J connectivity index is 0.000000180. The van der Waals surface area contributed by atoms with Crippen molar-refractivity contribution in [3.63, 3.8) is 0 Å². The third kappa shape index (κ3) is 10.6. The number of aryl methyl sites for hydroxylation is 2. The Kier molecular flexibility index (Phi) is 16.2. The Morgan fingerprint density at radius 2 is 0.963 bits per heavy atom. The number of ether oxygens (including phenoxy) is 9. The van der Waals surface area contributed by atoms with Crippen LogP contribution in [-0.4, -0.2) is 101 Å². The van der Waals surface area contributed by atoms with Crippen molar-refractivity contribution >= 4 is 0 Å². The van der Waals surface area contributed by atoms with Gasteiger partial charge in [-0.05, 0) is 95.8 Å². The molecule has 18 heteroatoms. The Bertz CT molecular complexity index is 3460. The predicted molar refractivity (Wildman–Crippen MR) is 295 cm³/mol. The fraction of sp³-hybridized carbons (Fsp3) is 0.290. The Morgan fingerprint density at radius 1 is 0.550 bits per heavy atom. The van der Waals surface area contributed by atoms with Crippen LogP contribution in [0.4, 0.5) is 0 Å². The highest BCUT2D eigenvalue weighted by molar-refractivity contribution is 5.51. The molecule has 80 heavy (non-hydrogen) atoms. The normalized spacial score (nSPS) is 20.2. The number of aromatic nitrogens is 4. The zero-order valence-corrected chi connectivity index (χ0v) is 45.0. The fourth-order valence-corrected chi connectivity index (χ4v) is 10.5. The molecule has 3 aliphatic rings. The monoisotopic (exact) mass is 1090 g/mol. The predicted octanol–water partition coefficient (Wildman–Crippen LogP) is 7.12. The molecule has 5 heterocycles. The third-order valence-corrected chi connectivity index (χ3v) is 14.9. The molecule has 0 unspecified atom stereocenters. The van der Waals surface area contributed by atoms with Gasteiger partial charge in [0.15, 0.2) is 12.3 Å². The van der Waals surface area contributed by atoms with Crippen molar-refractivity contribution in [1.82, 2.24) is 19.1 Å². The molecule has 0 saturated carbocycles. The van der Waals surface area contributed by atoms with Crippen molar-refractivity contribution in [1.29, 1.82) is 0 Å². The first-order valence-electron chi connectivity index (χ1n) is 26.0. The summed E-state index contributed by atoms with van der Waals surface area (Å²) in [5.74, 6) is 2.86. The van der Waals surface area contributed by atoms with Crippen LogP contribution in [0.15, 0.2) is 185 Å². The quantitative estimate of drug-likeness (QED) is 0.0775. The maximum atomic E-state index is 12.5. The number of rotatable bonds is 17. The van der Waals surface area contributed by atoms with E-state index >= 15 is 0 Å². The average molecular weight is 1090 g/mol. The van der Waals surface area contributed by atoms with Crippen LogP contribution >= 0.6 is 0 Å². The average Bonchev–Trinajstić information content (AvgIpc) is 4.19. The van der Waals surface area contributed by atoms with Gasteiger partial charge in [0.25, 0.3) is 11.1 Å². The molecule has 7 atom stereocenters. The molecule has 3 aliphatic heterocycles. The number of hydrogen-bond donors (Lipinski definition) is 3. The van der Waals surface area contributed by atoms with E-state index in [1.807, 2.05) is 158 Å². The second kappa shape index (κ2) is 23.5. The lowest BCUT2D eigenvalue weighted by molar-refractivity contribution is -0.0944. The van der Waals surface area contributed by atoms with E-state index in [0.717, 1.165) is 44.9 Å². The van der Waals surface area contributed by atoms with E-state index < -0.39 is 65.4 Å². The van der Waals surface area contributed by atoms with Crippen LogP contribution in [-0.2, 0) is 30.1 Å². The van der Waals surface area contributed by atoms with Crippen LogP contribution in [0.3, 0.4) is 0 Å². The highest BCUT2D eigenvalue weighted by Gasteiger charge is 2.52. The summed E-state index contributed by atoms with van der Waals surface area (Å²) in [6.07, 6.45) is -2.17. The molecule has 0 amide bonds. The van der Waals surface area contributed by atoms with E-state index in [-0.39, 0.29) is 31.2 Å². The highest BCUT2D eigenvalue weighted by Crippen LogP contribution is 2.46. The van der Waals surface area contributed by atoms with Gasteiger partial charge in [-0.1, -0.05) is 109 Å². The van der Waals surface area contributed by atoms with Gasteiger partial charge >= 0.3 is 11.7 Å². The van der Waals surface area contributed by atoms with Gasteiger partial charge in [0.05, 0.1) is 47.8 Å². The molecule has 0 aliphatic carbocycles. The van der Waals surface area contributed by atoms with Gasteiger partial charge in [-0.15, -0.1) is 0 Å². The number of aliphatic hydroxyl groups is 2. The van der Waals surface area contributed by atoms with Gasteiger partial charge in [0.1, 0.15) is 58.7 Å². The van der Waals surface area contributed by atoms with Gasteiger partial charge in [-0.3, -0.25) is 23.7 Å². The van der Waals surface area contributed by atoms with E-state index in [2.05, 4.69) is 9.97 Å². The Hall–Kier alpha value is -8.36. The molecule has 8 aromatic rings. The second-order valence-electron chi connectivity index (χ2n) is 19.6. The molecule has 6 aromatic carbocycles. The van der Waals surface area contributed by atoms with E-state index in [4.69, 9.17) is 42.6 Å². The first kappa shape index (κ1) is 55.0. The van der Waals surface area contributed by atoms with Crippen LogP contribution in [0.1, 0.15) is 63.4 Å². The lowest BCUT2D eigenvalue weighted by Gasteiger charge is -2.37. The number of aliphatic hydroxyl groups excluding tert-OH is 2. The van der Waals surface area contributed by atoms with Gasteiger partial charge in [-0.2, -0.15) is 4.98 Å². The van der Waals surface area contributed by atoms with Gasteiger partial charge in [0, 0.05) is 29.9 Å². The fourth-order valence-electron chi connectivity index (χ4n) is 10.5. The number of hydrogen-bond acceptors (Lipinski definition) is 15. The SMILES string of the molecule is COc1ccc(C(OC[C@H]2O[C@@H](n3cc(C)c(=O)[nH]c3=O)C[C@@H]2O)(c2ccccc2)c2ccc(OC)cc2)cc1.COc1ccc(C(OC[C@H]2O[C@@H]3[C@@H](Oc4nc(=O)c(C)cn43)[C@@H]2O)(c2ccccc2)c2ccc(OC)cc2)cc1. The Morgan fingerprint density at radius 3 is 1.40 bits per heavy atom. The topological polar surface area (TPSA) is 213 Å². The molecule has 2 aromatic heterocycles. The summed E-state index contributed by atoms with van der Waals surface area (Å²) < 4.78 is 56.6. The van der Waals surface area contributed by atoms with Crippen molar-refractivity contribution in [2.75, 3.05) is 41.7 Å². The number of fused-ring (bicyclic) bond motifs is 3. The van der Waals surface area contributed by atoms with Crippen molar-refractivity contribution in [2.24, 2.45) is 0 Å². The molecule has 0 radical (unpaired) electrons. The minimum absolute atomic E-state index is 0.0156. The molecule has 3 N–H and O–H groups in total. The number of methoxy groups -OCH3 is 4. The lowest BCUT2D eigenvalue weighted by Crippen LogP contribution is -2.40. The maximum absolute atomic E-state index is 12.5. The van der Waals surface area contributed by atoms with Crippen LogP contribution in [0.25, 0.3) is 0 Å². The van der Waals surface area contributed by atoms with Crippen LogP contribution in [0.2, 0.25) is 0 Å². The molecule has 18 nitrogen and oxygen atoms in total. The van der Waals surface area contributed by atoms with E-state index in [9.17, 15) is 24.6 Å². The van der Waals surface area contributed by atoms with E-state index in [0.29, 0.717) is 22.6 Å².